The van der Waals surface area contributed by atoms with E-state index in [9.17, 15) is 8.42 Å². The monoisotopic (exact) mass is 264 g/mol. The SMILES string of the molecule is CC=C=CCOc1ccc(S(=O)(=O)O)cc1.[H-].[Na+]. The second-order valence-corrected chi connectivity index (χ2v) is 4.34. The fraction of sp³-hybridized carbons (Fsp3) is 0.182. The molecule has 0 fully saturated rings. The third-order valence-corrected chi connectivity index (χ3v) is 2.61. The summed E-state index contributed by atoms with van der Waals surface area (Å²) in [4.78, 5) is -0.149. The maximum atomic E-state index is 10.7. The maximum Gasteiger partial charge on any atom is 1.00 e. The summed E-state index contributed by atoms with van der Waals surface area (Å²) in [7, 11) is -4.13. The molecule has 0 atom stereocenters. The maximum absolute atomic E-state index is 10.7. The number of hydrogen-bond acceptors (Lipinski definition) is 3. The van der Waals surface area contributed by atoms with Crippen molar-refractivity contribution in [3.8, 4) is 5.75 Å². The summed E-state index contributed by atoms with van der Waals surface area (Å²) in [6.07, 6.45) is 3.46. The van der Waals surface area contributed by atoms with Crippen molar-refractivity contribution in [3.05, 3.63) is 42.1 Å². The molecule has 0 aliphatic heterocycles. The van der Waals surface area contributed by atoms with Gasteiger partial charge in [0.05, 0.1) is 4.90 Å². The minimum Gasteiger partial charge on any atom is -1.00 e. The first-order valence-corrected chi connectivity index (χ1v) is 6.04. The Kier molecular flexibility index (Phi) is 7.46. The van der Waals surface area contributed by atoms with Gasteiger partial charge in [0.2, 0.25) is 0 Å². The van der Waals surface area contributed by atoms with Gasteiger partial charge in [-0.1, -0.05) is 0 Å². The first kappa shape index (κ1) is 16.4. The van der Waals surface area contributed by atoms with Gasteiger partial charge in [0.25, 0.3) is 10.1 Å². The summed E-state index contributed by atoms with van der Waals surface area (Å²) in [5, 5.41) is 0. The van der Waals surface area contributed by atoms with Crippen LogP contribution in [-0.4, -0.2) is 19.6 Å². The van der Waals surface area contributed by atoms with Crippen LogP contribution in [0.2, 0.25) is 0 Å². The average molecular weight is 264 g/mol. The summed E-state index contributed by atoms with van der Waals surface area (Å²) >= 11 is 0. The van der Waals surface area contributed by atoms with E-state index in [2.05, 4.69) is 5.73 Å². The van der Waals surface area contributed by atoms with Gasteiger partial charge in [-0.25, -0.2) is 0 Å². The summed E-state index contributed by atoms with van der Waals surface area (Å²) in [5.41, 5.74) is 2.84. The number of benzene rings is 1. The first-order valence-electron chi connectivity index (χ1n) is 4.60. The van der Waals surface area contributed by atoms with E-state index >= 15 is 0 Å². The second kappa shape index (κ2) is 7.71. The largest absolute Gasteiger partial charge is 1.00 e. The molecule has 0 radical (unpaired) electrons. The van der Waals surface area contributed by atoms with Crippen LogP contribution in [0.1, 0.15) is 8.35 Å². The normalized spacial score (nSPS) is 9.76. The zero-order valence-electron chi connectivity index (χ0n) is 10.8. The molecule has 0 saturated heterocycles. The van der Waals surface area contributed by atoms with E-state index in [0.717, 1.165) is 0 Å². The van der Waals surface area contributed by atoms with Gasteiger partial charge in [0.1, 0.15) is 12.4 Å². The molecule has 1 rings (SSSR count). The van der Waals surface area contributed by atoms with Crippen molar-refractivity contribution < 1.29 is 48.7 Å². The molecule has 0 saturated carbocycles. The minimum absolute atomic E-state index is 0. The van der Waals surface area contributed by atoms with Crippen molar-refractivity contribution in [2.24, 2.45) is 0 Å². The molecule has 0 spiro atoms. The first-order chi connectivity index (χ1) is 7.54. The van der Waals surface area contributed by atoms with Crippen molar-refractivity contribution in [1.82, 2.24) is 0 Å². The van der Waals surface area contributed by atoms with Crippen LogP contribution >= 0.6 is 0 Å². The zero-order valence-corrected chi connectivity index (χ0v) is 12.6. The molecular formula is C11H13NaO4S. The quantitative estimate of drug-likeness (QED) is 0.437. The van der Waals surface area contributed by atoms with E-state index in [4.69, 9.17) is 9.29 Å². The predicted octanol–water partition coefficient (Wildman–Crippen LogP) is -0.840. The molecule has 1 aromatic carbocycles. The van der Waals surface area contributed by atoms with Gasteiger partial charge in [-0.3, -0.25) is 4.55 Å². The summed E-state index contributed by atoms with van der Waals surface area (Å²) < 4.78 is 35.5. The van der Waals surface area contributed by atoms with Gasteiger partial charge in [-0.2, -0.15) is 8.42 Å². The molecule has 17 heavy (non-hydrogen) atoms. The average Bonchev–Trinajstić information content (AvgIpc) is 2.24. The number of hydrogen-bond donors (Lipinski definition) is 1. The minimum atomic E-state index is -4.13. The molecule has 1 N–H and O–H groups in total. The standard InChI is InChI=1S/C11H12O4S.Na.H/c1-2-3-4-9-15-10-5-7-11(8-6-10)16(12,13)14;;/h2,4-8H,9H2,1H3,(H,12,13,14);;/q;+1;-1. The molecule has 0 aliphatic carbocycles. The van der Waals surface area contributed by atoms with Crippen molar-refractivity contribution in [3.63, 3.8) is 0 Å². The van der Waals surface area contributed by atoms with E-state index < -0.39 is 10.1 Å². The molecule has 4 nitrogen and oxygen atoms in total. The van der Waals surface area contributed by atoms with Crippen LogP contribution in [0, 0.1) is 0 Å². The fourth-order valence-electron chi connectivity index (χ4n) is 1.01. The Bertz CT molecular complexity index is 504. The fourth-order valence-corrected chi connectivity index (χ4v) is 1.49. The van der Waals surface area contributed by atoms with Crippen LogP contribution < -0.4 is 34.3 Å². The second-order valence-electron chi connectivity index (χ2n) is 2.92. The van der Waals surface area contributed by atoms with Crippen LogP contribution in [0.5, 0.6) is 5.75 Å². The van der Waals surface area contributed by atoms with Crippen LogP contribution in [0.15, 0.2) is 47.0 Å². The molecule has 0 amide bonds. The van der Waals surface area contributed by atoms with Gasteiger partial charge in [-0.05, 0) is 43.3 Å². The third kappa shape index (κ3) is 6.07. The van der Waals surface area contributed by atoms with Crippen molar-refractivity contribution in [1.29, 1.82) is 0 Å². The van der Waals surface area contributed by atoms with E-state index in [1.165, 1.54) is 24.3 Å². The van der Waals surface area contributed by atoms with E-state index in [1.807, 2.05) is 6.92 Å². The molecule has 0 heterocycles. The Labute approximate surface area is 125 Å². The smallest absolute Gasteiger partial charge is 1.00 e. The van der Waals surface area contributed by atoms with Crippen molar-refractivity contribution in [2.75, 3.05) is 6.61 Å². The third-order valence-electron chi connectivity index (χ3n) is 1.74. The molecule has 1 aromatic rings. The number of rotatable bonds is 4. The van der Waals surface area contributed by atoms with Gasteiger partial charge >= 0.3 is 29.6 Å². The molecule has 0 aromatic heterocycles. The Morgan fingerprint density at radius 3 is 2.47 bits per heavy atom. The van der Waals surface area contributed by atoms with E-state index in [-0.39, 0.29) is 35.9 Å². The van der Waals surface area contributed by atoms with Crippen LogP contribution in [0.4, 0.5) is 0 Å². The Balaban J connectivity index is 0. The van der Waals surface area contributed by atoms with Gasteiger partial charge in [-0.15, -0.1) is 5.73 Å². The Morgan fingerprint density at radius 1 is 1.41 bits per heavy atom. The van der Waals surface area contributed by atoms with E-state index in [1.54, 1.807) is 12.2 Å². The molecular weight excluding hydrogens is 251 g/mol. The van der Waals surface area contributed by atoms with E-state index in [0.29, 0.717) is 12.4 Å². The molecule has 88 valence electrons. The summed E-state index contributed by atoms with van der Waals surface area (Å²) in [6, 6.07) is 5.52. The van der Waals surface area contributed by atoms with Gasteiger partial charge in [0, 0.05) is 0 Å². The summed E-state index contributed by atoms with van der Waals surface area (Å²) in [6.45, 7) is 2.20. The zero-order chi connectivity index (χ0) is 12.0. The molecule has 0 aliphatic rings. The van der Waals surface area contributed by atoms with Crippen molar-refractivity contribution in [2.45, 2.75) is 11.8 Å². The van der Waals surface area contributed by atoms with Crippen LogP contribution in [-0.2, 0) is 10.1 Å². The molecule has 6 heteroatoms. The molecule has 0 unspecified atom stereocenters. The Hall–Kier alpha value is -0.550. The topological polar surface area (TPSA) is 63.6 Å². The van der Waals surface area contributed by atoms with Gasteiger partial charge in [0.15, 0.2) is 0 Å². The van der Waals surface area contributed by atoms with Crippen molar-refractivity contribution >= 4 is 10.1 Å². The van der Waals surface area contributed by atoms with Gasteiger partial charge < -0.3 is 6.16 Å². The molecule has 0 bridgehead atoms. The Morgan fingerprint density at radius 2 is 2.00 bits per heavy atom. The predicted molar refractivity (Wildman–Crippen MR) is 61.2 cm³/mol. The number of ether oxygens (including phenoxy) is 1. The summed E-state index contributed by atoms with van der Waals surface area (Å²) in [5.74, 6) is 0.529. The van der Waals surface area contributed by atoms with Crippen LogP contribution in [0.25, 0.3) is 0 Å². The van der Waals surface area contributed by atoms with Crippen LogP contribution in [0.3, 0.4) is 0 Å².